The van der Waals surface area contributed by atoms with E-state index in [2.05, 4.69) is 28.2 Å². The number of rotatable bonds is 5. The number of thioether (sulfide) groups is 1. The van der Waals surface area contributed by atoms with Crippen molar-refractivity contribution >= 4 is 39.1 Å². The van der Waals surface area contributed by atoms with E-state index in [0.717, 1.165) is 24.0 Å². The molecular weight excluding hydrogens is 424 g/mol. The summed E-state index contributed by atoms with van der Waals surface area (Å²) in [5.41, 5.74) is 5.35. The first-order valence-corrected chi connectivity index (χ1v) is 12.3. The number of aromatic amines is 1. The number of nitrogens with zero attached hydrogens (tertiary/aromatic N) is 1. The Morgan fingerprint density at radius 3 is 2.68 bits per heavy atom. The predicted molar refractivity (Wildman–Crippen MR) is 128 cm³/mol. The number of aryl methyl sites for hydroxylation is 2. The second kappa shape index (κ2) is 8.44. The van der Waals surface area contributed by atoms with Crippen LogP contribution in [0.4, 0.5) is 0 Å². The molecule has 6 heteroatoms. The molecule has 0 spiro atoms. The number of carbonyl (C=O) groups is 1. The third-order valence-electron chi connectivity index (χ3n) is 5.80. The van der Waals surface area contributed by atoms with Crippen molar-refractivity contribution in [2.75, 3.05) is 0 Å². The highest BCUT2D eigenvalue weighted by Crippen LogP contribution is 2.34. The van der Waals surface area contributed by atoms with Crippen molar-refractivity contribution < 1.29 is 4.79 Å². The minimum absolute atomic E-state index is 0.0225. The quantitative estimate of drug-likeness (QED) is 0.236. The van der Waals surface area contributed by atoms with Crippen LogP contribution < -0.4 is 5.56 Å². The van der Waals surface area contributed by atoms with Crippen LogP contribution in [0.1, 0.15) is 41.3 Å². The maximum atomic E-state index is 13.0. The van der Waals surface area contributed by atoms with Crippen LogP contribution in [-0.4, -0.2) is 21.0 Å². The van der Waals surface area contributed by atoms with Gasteiger partial charge in [-0.3, -0.25) is 9.59 Å². The van der Waals surface area contributed by atoms with Gasteiger partial charge in [0.1, 0.15) is 4.83 Å². The molecule has 0 fully saturated rings. The number of ketones is 1. The molecule has 0 radical (unpaired) electrons. The Morgan fingerprint density at radius 1 is 1.10 bits per heavy atom. The Hall–Kier alpha value is -2.70. The third kappa shape index (κ3) is 3.98. The number of nitrogens with one attached hydrogen (secondary N) is 1. The van der Waals surface area contributed by atoms with Gasteiger partial charge in [0.2, 0.25) is 0 Å². The van der Waals surface area contributed by atoms with Gasteiger partial charge in [0.25, 0.3) is 5.56 Å². The van der Waals surface area contributed by atoms with Gasteiger partial charge in [-0.1, -0.05) is 60.3 Å². The van der Waals surface area contributed by atoms with Crippen LogP contribution in [0, 0.1) is 0 Å². The number of Topliss-reactive ketones (excluding diaryl/α,β-unsaturated/α-hetero) is 1. The molecule has 0 saturated heterocycles. The van der Waals surface area contributed by atoms with Gasteiger partial charge in [0.15, 0.2) is 10.9 Å². The van der Waals surface area contributed by atoms with Gasteiger partial charge in [-0.15, -0.1) is 11.3 Å². The summed E-state index contributed by atoms with van der Waals surface area (Å²) in [6, 6.07) is 15.8. The summed E-state index contributed by atoms with van der Waals surface area (Å²) in [7, 11) is 0. The largest absolute Gasteiger partial charge is 0.301 e. The van der Waals surface area contributed by atoms with Crippen molar-refractivity contribution in [1.82, 2.24) is 9.97 Å². The molecule has 31 heavy (non-hydrogen) atoms. The second-order valence-corrected chi connectivity index (χ2v) is 10.1. The molecular formula is C25H22N2O2S2. The topological polar surface area (TPSA) is 62.8 Å². The molecule has 4 nitrogen and oxygen atoms in total. The molecule has 1 unspecified atom stereocenters. The van der Waals surface area contributed by atoms with Crippen LogP contribution in [0.5, 0.6) is 0 Å². The first-order chi connectivity index (χ1) is 15.1. The second-order valence-electron chi connectivity index (χ2n) is 7.88. The van der Waals surface area contributed by atoms with Gasteiger partial charge in [0, 0.05) is 16.5 Å². The van der Waals surface area contributed by atoms with Gasteiger partial charge in [0.05, 0.1) is 10.6 Å². The van der Waals surface area contributed by atoms with E-state index in [1.165, 1.54) is 47.1 Å². The summed E-state index contributed by atoms with van der Waals surface area (Å²) in [4.78, 5) is 33.9. The number of hydrogen-bond donors (Lipinski definition) is 1. The number of thiophene rings is 1. The van der Waals surface area contributed by atoms with Crippen molar-refractivity contribution in [2.45, 2.75) is 43.0 Å². The lowest BCUT2D eigenvalue weighted by molar-refractivity contribution is 0.0994. The van der Waals surface area contributed by atoms with Gasteiger partial charge >= 0.3 is 0 Å². The first-order valence-electron chi connectivity index (χ1n) is 10.5. The lowest BCUT2D eigenvalue weighted by atomic mass is 9.89. The van der Waals surface area contributed by atoms with Crippen LogP contribution in [0.25, 0.3) is 21.3 Å². The number of aromatic nitrogens is 2. The van der Waals surface area contributed by atoms with E-state index in [0.29, 0.717) is 20.9 Å². The zero-order valence-corrected chi connectivity index (χ0v) is 18.8. The lowest BCUT2D eigenvalue weighted by Crippen LogP contribution is -2.16. The number of benzene rings is 2. The van der Waals surface area contributed by atoms with Crippen molar-refractivity contribution in [3.8, 4) is 11.1 Å². The molecule has 1 atom stereocenters. The fourth-order valence-electron chi connectivity index (χ4n) is 4.16. The Morgan fingerprint density at radius 2 is 1.87 bits per heavy atom. The normalized spacial score (nSPS) is 14.4. The van der Waals surface area contributed by atoms with Crippen molar-refractivity contribution in [3.63, 3.8) is 0 Å². The molecule has 0 bridgehead atoms. The average Bonchev–Trinajstić information content (AvgIpc) is 3.23. The lowest BCUT2D eigenvalue weighted by Gasteiger charge is -2.16. The molecule has 2 heterocycles. The average molecular weight is 447 g/mol. The highest BCUT2D eigenvalue weighted by atomic mass is 32.2. The molecule has 2 aromatic carbocycles. The zero-order valence-electron chi connectivity index (χ0n) is 17.2. The predicted octanol–water partition coefficient (Wildman–Crippen LogP) is 5.89. The van der Waals surface area contributed by atoms with Crippen molar-refractivity contribution in [3.05, 3.63) is 81.0 Å². The summed E-state index contributed by atoms with van der Waals surface area (Å²) >= 11 is 2.77. The fraction of sp³-hybridized carbons (Fsp3) is 0.240. The Balaban J connectivity index is 1.45. The Kier molecular flexibility index (Phi) is 5.50. The molecule has 0 amide bonds. The molecule has 4 aromatic rings. The van der Waals surface area contributed by atoms with E-state index in [1.807, 2.05) is 42.6 Å². The van der Waals surface area contributed by atoms with E-state index >= 15 is 0 Å². The molecule has 0 aliphatic heterocycles. The van der Waals surface area contributed by atoms with Gasteiger partial charge in [-0.2, -0.15) is 0 Å². The Bertz CT molecular complexity index is 1320. The molecule has 0 saturated carbocycles. The number of fused-ring (bicyclic) bond motifs is 2. The van der Waals surface area contributed by atoms with Crippen LogP contribution >= 0.6 is 23.1 Å². The van der Waals surface area contributed by atoms with E-state index in [9.17, 15) is 9.59 Å². The SMILES string of the molecule is CC(Sc1nc2scc(-c3ccc4c(c3)CCCC4)c2c(=O)[nH]1)C(=O)c1ccccc1. The smallest absolute Gasteiger partial charge is 0.260 e. The third-order valence-corrected chi connectivity index (χ3v) is 7.65. The van der Waals surface area contributed by atoms with E-state index in [1.54, 1.807) is 0 Å². The van der Waals surface area contributed by atoms with Gasteiger partial charge in [-0.05, 0) is 49.3 Å². The minimum atomic E-state index is -0.344. The number of hydrogen-bond acceptors (Lipinski definition) is 5. The van der Waals surface area contributed by atoms with E-state index < -0.39 is 0 Å². The molecule has 1 aliphatic carbocycles. The standard InChI is InChI=1S/C25H22N2O2S2/c1-15(22(28)17-8-3-2-4-9-17)31-25-26-23(29)21-20(14-30-24(21)27-25)19-12-11-16-7-5-6-10-18(16)13-19/h2-4,8-9,11-15H,5-7,10H2,1H3,(H,26,27,29). The van der Waals surface area contributed by atoms with Crippen LogP contribution in [0.3, 0.4) is 0 Å². The van der Waals surface area contributed by atoms with E-state index in [-0.39, 0.29) is 16.6 Å². The zero-order chi connectivity index (χ0) is 21.4. The molecule has 156 valence electrons. The number of H-pyrrole nitrogens is 1. The summed E-state index contributed by atoms with van der Waals surface area (Å²) < 4.78 is 0. The van der Waals surface area contributed by atoms with Crippen molar-refractivity contribution in [1.29, 1.82) is 0 Å². The fourth-order valence-corrected chi connectivity index (χ4v) is 6.04. The van der Waals surface area contributed by atoms with Crippen LogP contribution in [0.15, 0.2) is 63.9 Å². The van der Waals surface area contributed by atoms with Gasteiger partial charge in [-0.25, -0.2) is 4.98 Å². The minimum Gasteiger partial charge on any atom is -0.301 e. The summed E-state index contributed by atoms with van der Waals surface area (Å²) in [6.07, 6.45) is 4.73. The highest BCUT2D eigenvalue weighted by molar-refractivity contribution is 8.00. The first kappa shape index (κ1) is 20.2. The molecule has 2 aromatic heterocycles. The maximum Gasteiger partial charge on any atom is 0.260 e. The van der Waals surface area contributed by atoms with Crippen molar-refractivity contribution in [2.24, 2.45) is 0 Å². The maximum absolute atomic E-state index is 13.0. The van der Waals surface area contributed by atoms with Crippen LogP contribution in [0.2, 0.25) is 0 Å². The number of carbonyl (C=O) groups excluding carboxylic acids is 1. The molecule has 1 N–H and O–H groups in total. The summed E-state index contributed by atoms with van der Waals surface area (Å²) in [5.74, 6) is 0.0225. The van der Waals surface area contributed by atoms with E-state index in [4.69, 9.17) is 0 Å². The summed E-state index contributed by atoms with van der Waals surface area (Å²) in [6.45, 7) is 1.84. The monoisotopic (exact) mass is 446 g/mol. The van der Waals surface area contributed by atoms with Gasteiger partial charge < -0.3 is 4.98 Å². The molecule has 5 rings (SSSR count). The highest BCUT2D eigenvalue weighted by Gasteiger charge is 2.20. The molecule has 1 aliphatic rings. The summed E-state index contributed by atoms with van der Waals surface area (Å²) in [5, 5.41) is 2.79. The Labute approximate surface area is 188 Å². The van der Waals surface area contributed by atoms with Crippen LogP contribution in [-0.2, 0) is 12.8 Å².